The van der Waals surface area contributed by atoms with Gasteiger partial charge in [0.05, 0.1) is 48.0 Å². The van der Waals surface area contributed by atoms with Gasteiger partial charge in [-0.3, -0.25) is 24.0 Å². The highest BCUT2D eigenvalue weighted by Gasteiger charge is 2.35. The van der Waals surface area contributed by atoms with Crippen LogP contribution in [0.3, 0.4) is 0 Å². The topological polar surface area (TPSA) is 301 Å². The number of aldehydes is 1. The second-order valence-corrected chi connectivity index (χ2v) is 16.7. The lowest BCUT2D eigenvalue weighted by Crippen LogP contribution is -2.58. The number of methoxy groups -OCH3 is 1. The standard InChI is InChI=1S/C46H72ClN11O7/c1-30(60)53-39(16-7-12-26-52-42-34-20-18-31(47)27-41(34)54-36-21-19-33(65-2)28-35(36)42)45(63)55-37(14-4-9-23-49)43(61)44(62)38(15-5-10-24-50)56-46(64)40(17-6-11-25-51)58-57-32(29-59)13-3-8-22-48/h18-21,27-29,32,37-40,57-58H,3-17,22-26,48-51H2,1-2H3,(H,52,54)(H,53,60)(H,55,63)(H,56,64)/t32-,37+,38-,39+,40-/m0/s1. The number of rotatable bonds is 35. The van der Waals surface area contributed by atoms with E-state index in [0.717, 1.165) is 40.2 Å². The number of amides is 3. The summed E-state index contributed by atoms with van der Waals surface area (Å²) in [4.78, 5) is 84.9. The number of Topliss-reactive ketones (excluding diaryl/α,β-unsaturated/α-hetero) is 2. The first-order valence-electron chi connectivity index (χ1n) is 22.9. The Labute approximate surface area is 387 Å². The maximum absolute atomic E-state index is 14.1. The molecule has 1 aromatic heterocycles. The Kier molecular flexibility index (Phi) is 25.5. The van der Waals surface area contributed by atoms with Crippen molar-refractivity contribution in [2.75, 3.05) is 45.2 Å². The van der Waals surface area contributed by atoms with Gasteiger partial charge >= 0.3 is 0 Å². The Morgan fingerprint density at radius 2 is 1.17 bits per heavy atom. The molecule has 19 heteroatoms. The number of benzene rings is 2. The summed E-state index contributed by atoms with van der Waals surface area (Å²) in [6, 6.07) is 6.25. The van der Waals surface area contributed by atoms with Crippen molar-refractivity contribution in [1.82, 2.24) is 31.8 Å². The molecular weight excluding hydrogens is 854 g/mol. The Balaban J connectivity index is 1.76. The molecule has 0 aliphatic carbocycles. The fourth-order valence-corrected chi connectivity index (χ4v) is 7.64. The van der Waals surface area contributed by atoms with E-state index in [0.29, 0.717) is 114 Å². The van der Waals surface area contributed by atoms with Gasteiger partial charge in [-0.2, -0.15) is 0 Å². The molecule has 3 amide bonds. The lowest BCUT2D eigenvalue weighted by atomic mass is 9.94. The van der Waals surface area contributed by atoms with Crippen LogP contribution in [-0.2, 0) is 28.8 Å². The third-order valence-electron chi connectivity index (χ3n) is 11.1. The number of unbranched alkanes of at least 4 members (excludes halogenated alkanes) is 5. The van der Waals surface area contributed by atoms with Crippen molar-refractivity contribution < 1.29 is 33.5 Å². The van der Waals surface area contributed by atoms with Crippen molar-refractivity contribution in [3.63, 3.8) is 0 Å². The number of anilines is 1. The quantitative estimate of drug-likeness (QED) is 0.0133. The first kappa shape index (κ1) is 54.5. The van der Waals surface area contributed by atoms with Crippen LogP contribution in [0.15, 0.2) is 36.4 Å². The molecule has 0 aliphatic rings. The molecule has 0 fully saturated rings. The molecule has 0 saturated heterocycles. The minimum Gasteiger partial charge on any atom is -0.497 e. The van der Waals surface area contributed by atoms with Crippen LogP contribution in [0, 0.1) is 0 Å². The van der Waals surface area contributed by atoms with Crippen molar-refractivity contribution in [2.24, 2.45) is 22.9 Å². The lowest BCUT2D eigenvalue weighted by molar-refractivity contribution is -0.141. The van der Waals surface area contributed by atoms with Gasteiger partial charge in [-0.05, 0) is 146 Å². The van der Waals surface area contributed by atoms with E-state index in [1.54, 1.807) is 19.2 Å². The first-order valence-corrected chi connectivity index (χ1v) is 23.3. The van der Waals surface area contributed by atoms with E-state index in [-0.39, 0.29) is 19.3 Å². The number of halogens is 1. The zero-order valence-corrected chi connectivity index (χ0v) is 38.8. The van der Waals surface area contributed by atoms with Crippen LogP contribution in [0.4, 0.5) is 5.69 Å². The van der Waals surface area contributed by atoms with Crippen molar-refractivity contribution in [1.29, 1.82) is 0 Å². The van der Waals surface area contributed by atoms with Gasteiger partial charge in [-0.1, -0.05) is 24.4 Å². The number of pyridine rings is 1. The molecule has 1 heterocycles. The number of carbonyl (C=O) groups excluding carboxylic acids is 6. The summed E-state index contributed by atoms with van der Waals surface area (Å²) in [5.41, 5.74) is 31.1. The first-order chi connectivity index (χ1) is 31.4. The molecule has 0 saturated carbocycles. The minimum atomic E-state index is -1.24. The summed E-state index contributed by atoms with van der Waals surface area (Å²) in [7, 11) is 1.60. The predicted octanol–water partition coefficient (Wildman–Crippen LogP) is 2.79. The highest BCUT2D eigenvalue weighted by Crippen LogP contribution is 2.34. The molecule has 2 aromatic carbocycles. The molecule has 0 radical (unpaired) electrons. The van der Waals surface area contributed by atoms with E-state index < -0.39 is 59.5 Å². The highest BCUT2D eigenvalue weighted by molar-refractivity contribution is 6.41. The Bertz CT molecular complexity index is 1990. The fraction of sp³-hybridized carbons (Fsp3) is 0.587. The van der Waals surface area contributed by atoms with Gasteiger partial charge in [0.25, 0.3) is 0 Å². The van der Waals surface area contributed by atoms with Crippen LogP contribution in [-0.4, -0.2) is 111 Å². The number of ether oxygens (including phenoxy) is 1. The largest absolute Gasteiger partial charge is 0.497 e. The summed E-state index contributed by atoms with van der Waals surface area (Å²) in [5.74, 6) is -2.66. The monoisotopic (exact) mass is 926 g/mol. The summed E-state index contributed by atoms with van der Waals surface area (Å²) in [6.07, 6.45) is 7.82. The van der Waals surface area contributed by atoms with Crippen molar-refractivity contribution in [3.05, 3.63) is 41.4 Å². The van der Waals surface area contributed by atoms with Crippen LogP contribution < -0.4 is 59.8 Å². The van der Waals surface area contributed by atoms with E-state index in [9.17, 15) is 28.8 Å². The van der Waals surface area contributed by atoms with Gasteiger partial charge in [0.2, 0.25) is 29.3 Å². The number of nitrogens with two attached hydrogens (primary N) is 4. The molecule has 0 bridgehead atoms. The Hall–Kier alpha value is -4.82. The number of carbonyl (C=O) groups is 6. The predicted molar refractivity (Wildman–Crippen MR) is 256 cm³/mol. The summed E-state index contributed by atoms with van der Waals surface area (Å²) < 4.78 is 5.48. The number of hydrazine groups is 1. The molecule has 360 valence electrons. The van der Waals surface area contributed by atoms with Gasteiger partial charge in [0.1, 0.15) is 18.1 Å². The van der Waals surface area contributed by atoms with Crippen molar-refractivity contribution in [3.8, 4) is 5.75 Å². The summed E-state index contributed by atoms with van der Waals surface area (Å²) >= 11 is 6.30. The van der Waals surface area contributed by atoms with Gasteiger partial charge in [0.15, 0.2) is 0 Å². The van der Waals surface area contributed by atoms with Crippen LogP contribution in [0.1, 0.15) is 103 Å². The zero-order chi connectivity index (χ0) is 47.6. The number of ketones is 2. The number of fused-ring (bicyclic) bond motifs is 2. The maximum atomic E-state index is 14.1. The molecule has 5 atom stereocenters. The average molecular weight is 927 g/mol. The fourth-order valence-electron chi connectivity index (χ4n) is 7.48. The minimum absolute atomic E-state index is 0.113. The van der Waals surface area contributed by atoms with Crippen molar-refractivity contribution in [2.45, 2.75) is 133 Å². The van der Waals surface area contributed by atoms with E-state index in [1.807, 2.05) is 24.3 Å². The Morgan fingerprint density at radius 3 is 1.72 bits per heavy atom. The van der Waals surface area contributed by atoms with Gasteiger partial charge < -0.3 is 53.7 Å². The Morgan fingerprint density at radius 1 is 0.631 bits per heavy atom. The summed E-state index contributed by atoms with van der Waals surface area (Å²) in [6.45, 7) is 3.40. The number of nitrogens with zero attached hydrogens (tertiary/aromatic N) is 1. The second kappa shape index (κ2) is 30.4. The normalized spacial score (nSPS) is 13.6. The van der Waals surface area contributed by atoms with Crippen LogP contribution in [0.2, 0.25) is 5.02 Å². The summed E-state index contributed by atoms with van der Waals surface area (Å²) in [5, 5.41) is 14.1. The van der Waals surface area contributed by atoms with Crippen LogP contribution in [0.25, 0.3) is 21.8 Å². The average Bonchev–Trinajstić information content (AvgIpc) is 3.29. The molecule has 14 N–H and O–H groups in total. The third kappa shape index (κ3) is 18.5. The van der Waals surface area contributed by atoms with E-state index in [4.69, 9.17) is 44.3 Å². The number of nitrogens with one attached hydrogen (secondary N) is 6. The smallest absolute Gasteiger partial charge is 0.243 e. The van der Waals surface area contributed by atoms with Crippen LogP contribution in [0.5, 0.6) is 5.75 Å². The number of hydrogen-bond acceptors (Lipinski definition) is 15. The molecule has 3 rings (SSSR count). The molecule has 18 nitrogen and oxygen atoms in total. The van der Waals surface area contributed by atoms with Crippen molar-refractivity contribution >= 4 is 74.7 Å². The highest BCUT2D eigenvalue weighted by atomic mass is 35.5. The van der Waals surface area contributed by atoms with Crippen LogP contribution >= 0.6 is 11.6 Å². The molecular formula is C46H72ClN11O7. The number of hydrogen-bond donors (Lipinski definition) is 10. The molecule has 65 heavy (non-hydrogen) atoms. The number of aromatic nitrogens is 1. The SMILES string of the molecule is COc1ccc2nc3cc(Cl)ccc3c(NCCCC[C@@H](NC(C)=O)C(=O)N[C@H](CCCCN)C(=O)C(=O)[C@H](CCCCN)NC(=O)[C@H](CCCCN)NN[C@H](C=O)CCCCN)c2c1. The second-order valence-electron chi connectivity index (χ2n) is 16.3. The lowest BCUT2D eigenvalue weighted by Gasteiger charge is -2.26. The zero-order valence-electron chi connectivity index (χ0n) is 38.1. The molecule has 0 spiro atoms. The third-order valence-corrected chi connectivity index (χ3v) is 11.3. The van der Waals surface area contributed by atoms with Gasteiger partial charge in [0, 0.05) is 29.3 Å². The maximum Gasteiger partial charge on any atom is 0.243 e. The van der Waals surface area contributed by atoms with Gasteiger partial charge in [-0.25, -0.2) is 15.8 Å². The van der Waals surface area contributed by atoms with E-state index in [1.165, 1.54) is 6.92 Å². The van der Waals surface area contributed by atoms with Gasteiger partial charge in [-0.15, -0.1) is 0 Å². The van der Waals surface area contributed by atoms with E-state index in [2.05, 4.69) is 32.1 Å². The van der Waals surface area contributed by atoms with E-state index >= 15 is 0 Å². The molecule has 0 aliphatic heterocycles. The molecule has 3 aromatic rings. The molecule has 0 unspecified atom stereocenters.